The van der Waals surface area contributed by atoms with Crippen molar-refractivity contribution in [3.63, 3.8) is 0 Å². The zero-order chi connectivity index (χ0) is 12.8. The Labute approximate surface area is 107 Å². The molecule has 0 amide bonds. The van der Waals surface area contributed by atoms with Crippen LogP contribution >= 0.6 is 15.9 Å². The summed E-state index contributed by atoms with van der Waals surface area (Å²) < 4.78 is 5.12. The lowest BCUT2D eigenvalue weighted by molar-refractivity contribution is -0.153. The highest BCUT2D eigenvalue weighted by Gasteiger charge is 2.20. The molecule has 0 aliphatic rings. The van der Waals surface area contributed by atoms with Crippen molar-refractivity contribution >= 4 is 33.5 Å². The maximum absolute atomic E-state index is 11.7. The molecular weight excluding hydrogens is 288 g/mol. The fourth-order valence-electron chi connectivity index (χ4n) is 1.21. The van der Waals surface area contributed by atoms with Gasteiger partial charge in [0.2, 0.25) is 5.78 Å². The molecule has 17 heavy (non-hydrogen) atoms. The van der Waals surface area contributed by atoms with E-state index in [-0.39, 0.29) is 6.61 Å². The molecule has 1 rings (SSSR count). The van der Waals surface area contributed by atoms with Gasteiger partial charge in [-0.1, -0.05) is 34.1 Å². The number of hydrogen-bond acceptors (Lipinski definition) is 4. The second-order valence-corrected chi connectivity index (χ2v) is 4.08. The van der Waals surface area contributed by atoms with E-state index in [2.05, 4.69) is 20.7 Å². The van der Waals surface area contributed by atoms with Crippen LogP contribution in [-0.2, 0) is 14.3 Å². The topological polar surface area (TPSA) is 60.4 Å². The molecule has 4 nitrogen and oxygen atoms in total. The Morgan fingerprint density at radius 2 is 1.88 bits per heavy atom. The molecule has 1 aromatic rings. The summed E-state index contributed by atoms with van der Waals surface area (Å²) in [6.45, 7) is 1.72. The molecule has 0 aliphatic heterocycles. The smallest absolute Gasteiger partial charge is 0.375 e. The van der Waals surface area contributed by atoms with E-state index in [1.54, 1.807) is 31.2 Å². The number of carbonyl (C=O) groups excluding carboxylic acids is 3. The molecule has 0 saturated heterocycles. The Kier molecular flexibility index (Phi) is 5.03. The number of halogens is 1. The zero-order valence-corrected chi connectivity index (χ0v) is 10.8. The molecule has 0 atom stereocenters. The van der Waals surface area contributed by atoms with Crippen LogP contribution in [0.1, 0.15) is 23.7 Å². The summed E-state index contributed by atoms with van der Waals surface area (Å²) in [4.78, 5) is 34.1. The van der Waals surface area contributed by atoms with Gasteiger partial charge in [-0.05, 0) is 13.0 Å². The van der Waals surface area contributed by atoms with Crippen LogP contribution in [0.2, 0.25) is 0 Å². The third kappa shape index (κ3) is 3.78. The summed E-state index contributed by atoms with van der Waals surface area (Å²) in [6.07, 6.45) is -0.471. The van der Waals surface area contributed by atoms with Crippen molar-refractivity contribution in [3.05, 3.63) is 34.3 Å². The lowest BCUT2D eigenvalue weighted by atomic mass is 10.1. The van der Waals surface area contributed by atoms with Crippen molar-refractivity contribution in [2.75, 3.05) is 6.61 Å². The average molecular weight is 299 g/mol. The van der Waals surface area contributed by atoms with Crippen LogP contribution < -0.4 is 0 Å². The fraction of sp³-hybridized carbons (Fsp3) is 0.250. The Balaban J connectivity index is 2.71. The summed E-state index contributed by atoms with van der Waals surface area (Å²) in [5.41, 5.74) is 0.380. The summed E-state index contributed by atoms with van der Waals surface area (Å²) >= 11 is 3.21. The van der Waals surface area contributed by atoms with Gasteiger partial charge in [0.05, 0.1) is 13.0 Å². The van der Waals surface area contributed by atoms with E-state index in [0.717, 1.165) is 0 Å². The number of hydrogen-bond donors (Lipinski definition) is 0. The lowest BCUT2D eigenvalue weighted by Crippen LogP contribution is -2.20. The third-order valence-corrected chi connectivity index (χ3v) is 2.69. The maximum Gasteiger partial charge on any atom is 0.375 e. The molecule has 5 heteroatoms. The summed E-state index contributed by atoms with van der Waals surface area (Å²) in [5.74, 6) is -2.20. The van der Waals surface area contributed by atoms with Crippen LogP contribution in [0.5, 0.6) is 0 Å². The first kappa shape index (κ1) is 13.6. The molecule has 0 radical (unpaired) electrons. The van der Waals surface area contributed by atoms with Gasteiger partial charge in [0.1, 0.15) is 0 Å². The van der Waals surface area contributed by atoms with Gasteiger partial charge in [-0.2, -0.15) is 0 Å². The lowest BCUT2D eigenvalue weighted by Gasteiger charge is -2.02. The molecule has 0 heterocycles. The van der Waals surface area contributed by atoms with Crippen molar-refractivity contribution < 1.29 is 19.1 Å². The van der Waals surface area contributed by atoms with Crippen molar-refractivity contribution in [2.24, 2.45) is 0 Å². The summed E-state index contributed by atoms with van der Waals surface area (Å²) in [5, 5.41) is 0. The van der Waals surface area contributed by atoms with Crippen molar-refractivity contribution in [1.82, 2.24) is 0 Å². The number of esters is 1. The number of carbonyl (C=O) groups is 3. The SMILES string of the molecule is CCOC(=O)C(=O)CC(=O)c1ccccc1Br. The van der Waals surface area contributed by atoms with Gasteiger partial charge in [0, 0.05) is 10.0 Å². The van der Waals surface area contributed by atoms with Crippen molar-refractivity contribution in [3.8, 4) is 0 Å². The third-order valence-electron chi connectivity index (χ3n) is 2.00. The minimum atomic E-state index is -0.965. The van der Waals surface area contributed by atoms with Crippen molar-refractivity contribution in [2.45, 2.75) is 13.3 Å². The molecule has 0 saturated carbocycles. The average Bonchev–Trinajstić information content (AvgIpc) is 2.29. The van der Waals surface area contributed by atoms with E-state index in [1.165, 1.54) is 0 Å². The van der Waals surface area contributed by atoms with Gasteiger partial charge >= 0.3 is 5.97 Å². The molecule has 0 bridgehead atoms. The molecule has 0 N–H and O–H groups in total. The van der Waals surface area contributed by atoms with Crippen LogP contribution in [0.15, 0.2) is 28.7 Å². The predicted octanol–water partition coefficient (Wildman–Crippen LogP) is 2.15. The minimum absolute atomic E-state index is 0.119. The van der Waals surface area contributed by atoms with Gasteiger partial charge in [0.15, 0.2) is 5.78 Å². The quantitative estimate of drug-likeness (QED) is 0.362. The van der Waals surface area contributed by atoms with Crippen LogP contribution in [0.4, 0.5) is 0 Å². The van der Waals surface area contributed by atoms with Gasteiger partial charge < -0.3 is 4.74 Å². The fourth-order valence-corrected chi connectivity index (χ4v) is 1.72. The van der Waals surface area contributed by atoms with E-state index < -0.39 is 24.0 Å². The van der Waals surface area contributed by atoms with Gasteiger partial charge in [-0.15, -0.1) is 0 Å². The number of ketones is 2. The van der Waals surface area contributed by atoms with E-state index in [0.29, 0.717) is 10.0 Å². The minimum Gasteiger partial charge on any atom is -0.460 e. The normalized spacial score (nSPS) is 9.76. The Bertz CT molecular complexity index is 454. The second-order valence-electron chi connectivity index (χ2n) is 3.22. The summed E-state index contributed by atoms with van der Waals surface area (Å²) in [6, 6.07) is 6.73. The van der Waals surface area contributed by atoms with E-state index >= 15 is 0 Å². The van der Waals surface area contributed by atoms with Crippen LogP contribution in [0, 0.1) is 0 Å². The maximum atomic E-state index is 11.7. The highest BCUT2D eigenvalue weighted by Crippen LogP contribution is 2.17. The molecule has 0 unspecified atom stereocenters. The molecule has 1 aromatic carbocycles. The molecule has 90 valence electrons. The highest BCUT2D eigenvalue weighted by atomic mass is 79.9. The predicted molar refractivity (Wildman–Crippen MR) is 64.7 cm³/mol. The van der Waals surface area contributed by atoms with Crippen LogP contribution in [0.25, 0.3) is 0 Å². The Hall–Kier alpha value is -1.49. The van der Waals surface area contributed by atoms with Crippen molar-refractivity contribution in [1.29, 1.82) is 0 Å². The van der Waals surface area contributed by atoms with Crippen LogP contribution in [-0.4, -0.2) is 24.1 Å². The Morgan fingerprint density at radius 1 is 1.24 bits per heavy atom. The number of benzene rings is 1. The van der Waals surface area contributed by atoms with Gasteiger partial charge in [-0.25, -0.2) is 4.79 Å². The summed E-state index contributed by atoms with van der Waals surface area (Å²) in [7, 11) is 0. The number of rotatable bonds is 5. The molecule has 0 spiro atoms. The zero-order valence-electron chi connectivity index (χ0n) is 9.23. The standard InChI is InChI=1S/C12H11BrO4/c1-2-17-12(16)11(15)7-10(14)8-5-3-4-6-9(8)13/h3-6H,2,7H2,1H3. The van der Waals surface area contributed by atoms with Crippen LogP contribution in [0.3, 0.4) is 0 Å². The Morgan fingerprint density at radius 3 is 2.47 bits per heavy atom. The van der Waals surface area contributed by atoms with E-state index in [9.17, 15) is 14.4 Å². The first-order valence-corrected chi connectivity index (χ1v) is 5.83. The highest BCUT2D eigenvalue weighted by molar-refractivity contribution is 9.10. The molecule has 0 aromatic heterocycles. The van der Waals surface area contributed by atoms with Gasteiger partial charge in [0.25, 0.3) is 0 Å². The molecular formula is C12H11BrO4. The first-order chi connectivity index (χ1) is 8.06. The second kappa shape index (κ2) is 6.30. The van der Waals surface area contributed by atoms with E-state index in [4.69, 9.17) is 0 Å². The number of Topliss-reactive ketones (excluding diaryl/α,β-unsaturated/α-hetero) is 2. The molecule has 0 aliphatic carbocycles. The van der Waals surface area contributed by atoms with Gasteiger partial charge in [-0.3, -0.25) is 9.59 Å². The largest absolute Gasteiger partial charge is 0.460 e. The first-order valence-electron chi connectivity index (χ1n) is 5.04. The number of ether oxygens (including phenoxy) is 1. The monoisotopic (exact) mass is 298 g/mol. The van der Waals surface area contributed by atoms with E-state index in [1.807, 2.05) is 0 Å². The molecule has 0 fully saturated rings.